The van der Waals surface area contributed by atoms with E-state index in [-0.39, 0.29) is 6.42 Å². The fourth-order valence-corrected chi connectivity index (χ4v) is 3.57. The second-order valence-electron chi connectivity index (χ2n) is 4.11. The molecule has 7 heteroatoms. The van der Waals surface area contributed by atoms with Crippen LogP contribution in [-0.4, -0.2) is 22.8 Å². The number of amides is 1. The van der Waals surface area contributed by atoms with Gasteiger partial charge < -0.3 is 10.8 Å². The van der Waals surface area contributed by atoms with Gasteiger partial charge in [0.15, 0.2) is 5.78 Å². The molecule has 0 aliphatic carbocycles. The van der Waals surface area contributed by atoms with E-state index in [0.717, 1.165) is 16.0 Å². The number of carbonyl (C=O) groups is 3. The monoisotopic (exact) mass is 309 g/mol. The molecule has 0 saturated heterocycles. The molecule has 0 spiro atoms. The number of carbonyl (C=O) groups excluding carboxylic acids is 2. The zero-order valence-corrected chi connectivity index (χ0v) is 11.9. The Labute approximate surface area is 122 Å². The lowest BCUT2D eigenvalue weighted by molar-refractivity contribution is -0.135. The van der Waals surface area contributed by atoms with Crippen molar-refractivity contribution in [3.05, 3.63) is 33.3 Å². The minimum absolute atomic E-state index is 0.146. The maximum atomic E-state index is 11.7. The van der Waals surface area contributed by atoms with Gasteiger partial charge in [-0.2, -0.15) is 0 Å². The van der Waals surface area contributed by atoms with Gasteiger partial charge in [-0.1, -0.05) is 0 Å². The molecule has 0 atom stereocenters. The zero-order chi connectivity index (χ0) is 14.7. The Kier molecular flexibility index (Phi) is 4.31. The molecule has 104 valence electrons. The third kappa shape index (κ3) is 3.31. The van der Waals surface area contributed by atoms with Crippen molar-refractivity contribution in [2.45, 2.75) is 12.8 Å². The van der Waals surface area contributed by atoms with Crippen LogP contribution >= 0.6 is 22.7 Å². The summed E-state index contributed by atoms with van der Waals surface area (Å²) in [5.74, 6) is -1.97. The molecular weight excluding hydrogens is 298 g/mol. The fourth-order valence-electron chi connectivity index (χ4n) is 1.74. The van der Waals surface area contributed by atoms with Crippen LogP contribution in [-0.2, 0) is 16.0 Å². The van der Waals surface area contributed by atoms with Gasteiger partial charge in [0.1, 0.15) is 6.42 Å². The quantitative estimate of drug-likeness (QED) is 0.631. The highest BCUT2D eigenvalue weighted by Gasteiger charge is 2.16. The Hall–Kier alpha value is -1.99. The van der Waals surface area contributed by atoms with Crippen molar-refractivity contribution >= 4 is 40.3 Å². The highest BCUT2D eigenvalue weighted by Crippen LogP contribution is 2.33. The third-order valence-electron chi connectivity index (χ3n) is 2.56. The van der Waals surface area contributed by atoms with Gasteiger partial charge in [-0.25, -0.2) is 0 Å². The number of ketones is 1. The maximum absolute atomic E-state index is 11.7. The second kappa shape index (κ2) is 5.98. The van der Waals surface area contributed by atoms with Gasteiger partial charge in [0.2, 0.25) is 5.91 Å². The number of aliphatic carboxylic acids is 1. The first-order chi connectivity index (χ1) is 9.47. The van der Waals surface area contributed by atoms with E-state index in [0.29, 0.717) is 4.88 Å². The molecule has 0 unspecified atom stereocenters. The average Bonchev–Trinajstić information content (AvgIpc) is 2.94. The number of nitrogens with two attached hydrogens (primary N) is 1. The standard InChI is InChI=1S/C13H11NO4S2/c14-11(16)4-7-1-2-19-13(7)8-3-10(20-6-8)9(15)5-12(17)18/h1-3,6H,4-5H2,(H2,14,16)(H,17,18). The van der Waals surface area contributed by atoms with Crippen LogP contribution in [0, 0.1) is 0 Å². The van der Waals surface area contributed by atoms with Crippen molar-refractivity contribution in [2.75, 3.05) is 0 Å². The molecule has 3 N–H and O–H groups in total. The molecule has 2 aromatic rings. The van der Waals surface area contributed by atoms with E-state index in [4.69, 9.17) is 10.8 Å². The summed E-state index contributed by atoms with van der Waals surface area (Å²) in [6.45, 7) is 0. The molecule has 0 saturated carbocycles. The lowest BCUT2D eigenvalue weighted by Gasteiger charge is -1.98. The van der Waals surface area contributed by atoms with E-state index in [1.165, 1.54) is 22.7 Å². The normalized spacial score (nSPS) is 10.4. The molecular formula is C13H11NO4S2. The van der Waals surface area contributed by atoms with Gasteiger partial charge >= 0.3 is 5.97 Å². The number of Topliss-reactive ketones (excluding diaryl/α,β-unsaturated/α-hetero) is 1. The van der Waals surface area contributed by atoms with Crippen LogP contribution < -0.4 is 5.73 Å². The lowest BCUT2D eigenvalue weighted by atomic mass is 10.1. The van der Waals surface area contributed by atoms with Crippen molar-refractivity contribution in [3.8, 4) is 10.4 Å². The summed E-state index contributed by atoms with van der Waals surface area (Å²) >= 11 is 2.66. The van der Waals surface area contributed by atoms with Crippen molar-refractivity contribution in [1.29, 1.82) is 0 Å². The lowest BCUT2D eigenvalue weighted by Crippen LogP contribution is -2.13. The summed E-state index contributed by atoms with van der Waals surface area (Å²) in [4.78, 5) is 34.5. The summed E-state index contributed by atoms with van der Waals surface area (Å²) in [6.07, 6.45) is -0.369. The molecule has 2 rings (SSSR count). The van der Waals surface area contributed by atoms with Crippen LogP contribution in [0.1, 0.15) is 21.7 Å². The summed E-state index contributed by atoms with van der Waals surface area (Å²) in [7, 11) is 0. The number of thiophene rings is 2. The Morgan fingerprint density at radius 3 is 2.65 bits per heavy atom. The average molecular weight is 309 g/mol. The van der Waals surface area contributed by atoms with Crippen LogP contribution in [0.5, 0.6) is 0 Å². The van der Waals surface area contributed by atoms with E-state index in [9.17, 15) is 14.4 Å². The molecule has 20 heavy (non-hydrogen) atoms. The SMILES string of the molecule is NC(=O)Cc1ccsc1-c1csc(C(=O)CC(=O)O)c1. The molecule has 0 fully saturated rings. The van der Waals surface area contributed by atoms with Crippen molar-refractivity contribution < 1.29 is 19.5 Å². The van der Waals surface area contributed by atoms with E-state index >= 15 is 0 Å². The predicted molar refractivity (Wildman–Crippen MR) is 77.1 cm³/mol. The van der Waals surface area contributed by atoms with E-state index in [2.05, 4.69) is 0 Å². The third-order valence-corrected chi connectivity index (χ3v) is 4.54. The van der Waals surface area contributed by atoms with Crippen molar-refractivity contribution in [1.82, 2.24) is 0 Å². The number of hydrogen-bond donors (Lipinski definition) is 2. The molecule has 0 aromatic carbocycles. The Morgan fingerprint density at radius 2 is 2.00 bits per heavy atom. The maximum Gasteiger partial charge on any atom is 0.311 e. The van der Waals surface area contributed by atoms with Gasteiger partial charge in [0, 0.05) is 15.8 Å². The molecule has 0 aliphatic heterocycles. The minimum atomic E-state index is -1.14. The van der Waals surface area contributed by atoms with E-state index < -0.39 is 24.1 Å². The minimum Gasteiger partial charge on any atom is -0.481 e. The first-order valence-electron chi connectivity index (χ1n) is 5.66. The van der Waals surface area contributed by atoms with Gasteiger partial charge in [-0.3, -0.25) is 14.4 Å². The molecule has 0 aliphatic rings. The smallest absolute Gasteiger partial charge is 0.311 e. The number of carboxylic acids is 1. The molecule has 5 nitrogen and oxygen atoms in total. The Bertz CT molecular complexity index is 671. The van der Waals surface area contributed by atoms with Crippen LogP contribution in [0.3, 0.4) is 0 Å². The summed E-state index contributed by atoms with van der Waals surface area (Å²) in [6, 6.07) is 3.48. The molecule has 2 aromatic heterocycles. The summed E-state index contributed by atoms with van der Waals surface area (Å²) in [5, 5.41) is 12.2. The topological polar surface area (TPSA) is 97.5 Å². The molecule has 0 bridgehead atoms. The zero-order valence-electron chi connectivity index (χ0n) is 10.3. The Morgan fingerprint density at radius 1 is 1.25 bits per heavy atom. The predicted octanol–water partition coefficient (Wildman–Crippen LogP) is 2.16. The molecule has 2 heterocycles. The molecule has 0 radical (unpaired) electrons. The van der Waals surface area contributed by atoms with Gasteiger partial charge in [-0.05, 0) is 23.1 Å². The van der Waals surface area contributed by atoms with Crippen molar-refractivity contribution in [2.24, 2.45) is 5.73 Å². The van der Waals surface area contributed by atoms with Gasteiger partial charge in [-0.15, -0.1) is 22.7 Å². The number of rotatable bonds is 6. The number of primary amides is 1. The van der Waals surface area contributed by atoms with Gasteiger partial charge in [0.05, 0.1) is 11.3 Å². The highest BCUT2D eigenvalue weighted by atomic mass is 32.1. The number of hydrogen-bond acceptors (Lipinski definition) is 5. The van der Waals surface area contributed by atoms with Crippen LogP contribution in [0.4, 0.5) is 0 Å². The second-order valence-corrected chi connectivity index (χ2v) is 5.94. The highest BCUT2D eigenvalue weighted by molar-refractivity contribution is 7.15. The van der Waals surface area contributed by atoms with E-state index in [1.807, 2.05) is 11.4 Å². The van der Waals surface area contributed by atoms with Crippen LogP contribution in [0.15, 0.2) is 22.9 Å². The Balaban J connectivity index is 2.25. The van der Waals surface area contributed by atoms with E-state index in [1.54, 1.807) is 11.4 Å². The summed E-state index contributed by atoms with van der Waals surface area (Å²) < 4.78 is 0. The van der Waals surface area contributed by atoms with Crippen LogP contribution in [0.25, 0.3) is 10.4 Å². The van der Waals surface area contributed by atoms with Gasteiger partial charge in [0.25, 0.3) is 0 Å². The fraction of sp³-hybridized carbons (Fsp3) is 0.154. The molecule has 1 amide bonds. The summed E-state index contributed by atoms with van der Waals surface area (Å²) in [5.41, 5.74) is 6.82. The number of carboxylic acid groups (broad SMARTS) is 1. The van der Waals surface area contributed by atoms with Crippen LogP contribution in [0.2, 0.25) is 0 Å². The largest absolute Gasteiger partial charge is 0.481 e. The first-order valence-corrected chi connectivity index (χ1v) is 7.42. The first kappa shape index (κ1) is 14.4. The van der Waals surface area contributed by atoms with Crippen molar-refractivity contribution in [3.63, 3.8) is 0 Å².